The van der Waals surface area contributed by atoms with Crippen molar-refractivity contribution in [1.82, 2.24) is 5.43 Å². The van der Waals surface area contributed by atoms with Crippen LogP contribution in [0, 0.1) is 13.8 Å². The van der Waals surface area contributed by atoms with Gasteiger partial charge in [0.15, 0.2) is 0 Å². The lowest BCUT2D eigenvalue weighted by Gasteiger charge is -2.27. The molecule has 1 N–H and O–H groups in total. The van der Waals surface area contributed by atoms with Crippen LogP contribution in [0.3, 0.4) is 0 Å². The molecule has 0 aliphatic heterocycles. The topological polar surface area (TPSA) is 88.1 Å². The van der Waals surface area contributed by atoms with E-state index in [-0.39, 0.29) is 0 Å². The van der Waals surface area contributed by atoms with Gasteiger partial charge in [0.25, 0.3) is 5.91 Å². The fraction of sp³-hybridized carbons (Fsp3) is 0.333. The van der Waals surface area contributed by atoms with E-state index in [1.165, 1.54) is 14.0 Å². The molecule has 8 heteroatoms. The summed E-state index contributed by atoms with van der Waals surface area (Å²) >= 11 is 0. The van der Waals surface area contributed by atoms with Crippen LogP contribution in [0.25, 0.3) is 0 Å². The van der Waals surface area contributed by atoms with Crippen molar-refractivity contribution >= 4 is 27.3 Å². The van der Waals surface area contributed by atoms with E-state index in [1.54, 1.807) is 31.2 Å². The minimum Gasteiger partial charge on any atom is -0.497 e. The maximum atomic E-state index is 12.7. The molecule has 0 fully saturated rings. The monoisotopic (exact) mass is 417 g/mol. The fourth-order valence-electron chi connectivity index (χ4n) is 2.96. The van der Waals surface area contributed by atoms with Gasteiger partial charge in [0.1, 0.15) is 11.8 Å². The van der Waals surface area contributed by atoms with Crippen LogP contribution in [0.5, 0.6) is 5.75 Å². The molecule has 7 nitrogen and oxygen atoms in total. The lowest BCUT2D eigenvalue weighted by molar-refractivity contribution is -0.121. The molecule has 0 saturated heterocycles. The van der Waals surface area contributed by atoms with Gasteiger partial charge < -0.3 is 4.74 Å². The molecule has 0 radical (unpaired) electrons. The molecular formula is C21H27N3O4S. The van der Waals surface area contributed by atoms with Crippen molar-refractivity contribution in [3.05, 3.63) is 59.2 Å². The highest BCUT2D eigenvalue weighted by atomic mass is 32.2. The van der Waals surface area contributed by atoms with Crippen LogP contribution in [-0.4, -0.2) is 39.4 Å². The van der Waals surface area contributed by atoms with E-state index in [2.05, 4.69) is 10.5 Å². The molecule has 0 aliphatic carbocycles. The van der Waals surface area contributed by atoms with E-state index in [1.807, 2.05) is 32.0 Å². The Morgan fingerprint density at radius 2 is 1.76 bits per heavy atom. The largest absolute Gasteiger partial charge is 0.497 e. The second kappa shape index (κ2) is 9.09. The number of ether oxygens (including phenoxy) is 1. The Morgan fingerprint density at radius 1 is 1.14 bits per heavy atom. The number of rotatable bonds is 7. The number of aryl methyl sites for hydroxylation is 2. The number of carbonyl (C=O) groups is 1. The third-order valence-corrected chi connectivity index (χ3v) is 5.77. The van der Waals surface area contributed by atoms with Crippen molar-refractivity contribution in [3.63, 3.8) is 0 Å². The average Bonchev–Trinajstić information content (AvgIpc) is 2.67. The Labute approximate surface area is 172 Å². The third kappa shape index (κ3) is 5.57. The van der Waals surface area contributed by atoms with Crippen LogP contribution in [0.1, 0.15) is 30.5 Å². The molecular weight excluding hydrogens is 390 g/mol. The van der Waals surface area contributed by atoms with Gasteiger partial charge in [-0.1, -0.05) is 17.7 Å². The Kier molecular flexibility index (Phi) is 7.02. The second-order valence-electron chi connectivity index (χ2n) is 6.92. The summed E-state index contributed by atoms with van der Waals surface area (Å²) in [6, 6.07) is 11.5. The van der Waals surface area contributed by atoms with Crippen LogP contribution in [-0.2, 0) is 14.8 Å². The highest BCUT2D eigenvalue weighted by Crippen LogP contribution is 2.23. The molecule has 0 saturated carbocycles. The number of carbonyl (C=O) groups excluding carboxylic acids is 1. The molecule has 1 atom stereocenters. The molecule has 0 heterocycles. The molecule has 1 amide bonds. The molecule has 0 unspecified atom stereocenters. The summed E-state index contributed by atoms with van der Waals surface area (Å²) in [7, 11) is -2.18. The number of nitrogens with zero attached hydrogens (tertiary/aromatic N) is 2. The number of methoxy groups -OCH3 is 1. The minimum atomic E-state index is -3.70. The molecule has 0 bridgehead atoms. The van der Waals surface area contributed by atoms with E-state index in [9.17, 15) is 13.2 Å². The number of amides is 1. The van der Waals surface area contributed by atoms with Crippen molar-refractivity contribution in [2.45, 2.75) is 33.7 Å². The normalized spacial score (nSPS) is 13.0. The first-order valence-electron chi connectivity index (χ1n) is 9.10. The Morgan fingerprint density at radius 3 is 2.31 bits per heavy atom. The van der Waals surface area contributed by atoms with Gasteiger partial charge in [-0.3, -0.25) is 9.10 Å². The van der Waals surface area contributed by atoms with E-state index in [4.69, 9.17) is 4.74 Å². The lowest BCUT2D eigenvalue weighted by atomic mass is 10.0. The number of benzene rings is 2. The van der Waals surface area contributed by atoms with Gasteiger partial charge in [0, 0.05) is 5.56 Å². The van der Waals surface area contributed by atoms with Crippen molar-refractivity contribution in [1.29, 1.82) is 0 Å². The second-order valence-corrected chi connectivity index (χ2v) is 8.78. The molecule has 0 aromatic heterocycles. The third-order valence-electron chi connectivity index (χ3n) is 4.53. The van der Waals surface area contributed by atoms with Crippen molar-refractivity contribution in [3.8, 4) is 5.75 Å². The first-order chi connectivity index (χ1) is 13.5. The summed E-state index contributed by atoms with van der Waals surface area (Å²) in [6.45, 7) is 7.26. The SMILES string of the molecule is COc1ccc(N([C@H](C)C(=O)N/N=C(/C)c2cc(C)ccc2C)S(C)(=O)=O)cc1. The predicted molar refractivity (Wildman–Crippen MR) is 116 cm³/mol. The van der Waals surface area contributed by atoms with E-state index in [0.717, 1.165) is 27.3 Å². The smallest absolute Gasteiger partial charge is 0.263 e. The zero-order chi connectivity index (χ0) is 21.8. The molecule has 0 spiro atoms. The Balaban J connectivity index is 2.25. The number of nitrogens with one attached hydrogen (secondary N) is 1. The van der Waals surface area contributed by atoms with Crippen LogP contribution in [0.4, 0.5) is 5.69 Å². The molecule has 0 aliphatic rings. The summed E-state index contributed by atoms with van der Waals surface area (Å²) in [5, 5.41) is 4.18. The van der Waals surface area contributed by atoms with Gasteiger partial charge in [-0.25, -0.2) is 13.8 Å². The van der Waals surface area contributed by atoms with Crippen molar-refractivity contribution < 1.29 is 17.9 Å². The number of hydrogen-bond donors (Lipinski definition) is 1. The summed E-state index contributed by atoms with van der Waals surface area (Å²) < 4.78 is 30.9. The Hall–Kier alpha value is -2.87. The van der Waals surface area contributed by atoms with Gasteiger partial charge in [0.2, 0.25) is 10.0 Å². The van der Waals surface area contributed by atoms with Crippen LogP contribution >= 0.6 is 0 Å². The molecule has 2 aromatic carbocycles. The van der Waals surface area contributed by atoms with Crippen molar-refractivity contribution in [2.75, 3.05) is 17.7 Å². The van der Waals surface area contributed by atoms with E-state index < -0.39 is 22.0 Å². The van der Waals surface area contributed by atoms with Crippen molar-refractivity contribution in [2.24, 2.45) is 5.10 Å². The van der Waals surface area contributed by atoms with E-state index >= 15 is 0 Å². The molecule has 29 heavy (non-hydrogen) atoms. The first-order valence-corrected chi connectivity index (χ1v) is 10.9. The summed E-state index contributed by atoms with van der Waals surface area (Å²) in [6.07, 6.45) is 1.06. The van der Waals surface area contributed by atoms with Gasteiger partial charge in [-0.15, -0.1) is 0 Å². The maximum Gasteiger partial charge on any atom is 0.263 e. The lowest BCUT2D eigenvalue weighted by Crippen LogP contribution is -2.46. The fourth-order valence-corrected chi connectivity index (χ4v) is 4.13. The number of hydrazone groups is 1. The number of hydrogen-bond acceptors (Lipinski definition) is 5. The molecule has 156 valence electrons. The minimum absolute atomic E-state index is 0.367. The zero-order valence-corrected chi connectivity index (χ0v) is 18.4. The number of sulfonamides is 1. The highest BCUT2D eigenvalue weighted by molar-refractivity contribution is 7.92. The molecule has 2 rings (SSSR count). The summed E-state index contributed by atoms with van der Waals surface area (Å²) in [5.41, 5.74) is 6.55. The van der Waals surface area contributed by atoms with Gasteiger partial charge in [-0.2, -0.15) is 5.10 Å². The van der Waals surface area contributed by atoms with Crippen LogP contribution in [0.15, 0.2) is 47.6 Å². The number of anilines is 1. The van der Waals surface area contributed by atoms with E-state index in [0.29, 0.717) is 17.1 Å². The summed E-state index contributed by atoms with van der Waals surface area (Å²) in [5.74, 6) is 0.0592. The van der Waals surface area contributed by atoms with Gasteiger partial charge in [-0.05, 0) is 63.6 Å². The summed E-state index contributed by atoms with van der Waals surface area (Å²) in [4.78, 5) is 12.7. The standard InChI is InChI=1S/C21H27N3O4S/c1-14-7-8-15(2)20(13-14)16(3)22-23-21(25)17(4)24(29(6,26)27)18-9-11-19(28-5)12-10-18/h7-13,17H,1-6H3,(H,23,25)/b22-16-/t17-/m1/s1. The van der Waals surface area contributed by atoms with Crippen LogP contribution in [0.2, 0.25) is 0 Å². The van der Waals surface area contributed by atoms with Crippen LogP contribution < -0.4 is 14.5 Å². The quantitative estimate of drug-likeness (QED) is 0.554. The van der Waals surface area contributed by atoms with Gasteiger partial charge in [0.05, 0.1) is 24.8 Å². The maximum absolute atomic E-state index is 12.7. The highest BCUT2D eigenvalue weighted by Gasteiger charge is 2.29. The Bertz CT molecular complexity index is 1010. The predicted octanol–water partition coefficient (Wildman–Crippen LogP) is 3.01. The average molecular weight is 418 g/mol. The first kappa shape index (κ1) is 22.4. The molecule has 2 aromatic rings. The zero-order valence-electron chi connectivity index (χ0n) is 17.6. The van der Waals surface area contributed by atoms with Gasteiger partial charge >= 0.3 is 0 Å².